The van der Waals surface area contributed by atoms with Gasteiger partial charge in [0.1, 0.15) is 5.75 Å². The van der Waals surface area contributed by atoms with Gasteiger partial charge in [0.2, 0.25) is 5.91 Å². The molecule has 5 fully saturated rings. The maximum absolute atomic E-state index is 13.1. The van der Waals surface area contributed by atoms with Crippen LogP contribution in [0.1, 0.15) is 44.9 Å². The monoisotopic (exact) mass is 411 g/mol. The third kappa shape index (κ3) is 3.93. The number of carbonyl (C=O) groups excluding carboxylic acids is 1. The van der Waals surface area contributed by atoms with Crippen LogP contribution in [0.25, 0.3) is 0 Å². The topological polar surface area (TPSA) is 44.8 Å². The number of hydrogen-bond donors (Lipinski definition) is 1. The van der Waals surface area contributed by atoms with Crippen molar-refractivity contribution in [2.75, 3.05) is 51.3 Å². The lowest BCUT2D eigenvalue weighted by Gasteiger charge is -2.55. The second kappa shape index (κ2) is 8.41. The van der Waals surface area contributed by atoms with Gasteiger partial charge in [0.15, 0.2) is 0 Å². The van der Waals surface area contributed by atoms with E-state index in [1.807, 2.05) is 12.1 Å². The van der Waals surface area contributed by atoms with E-state index in [0.29, 0.717) is 5.91 Å². The number of methoxy groups -OCH3 is 1. The Morgan fingerprint density at radius 3 is 2.30 bits per heavy atom. The molecule has 5 nitrogen and oxygen atoms in total. The van der Waals surface area contributed by atoms with Gasteiger partial charge in [-0.2, -0.15) is 0 Å². The summed E-state index contributed by atoms with van der Waals surface area (Å²) in [6.07, 6.45) is 8.72. The summed E-state index contributed by atoms with van der Waals surface area (Å²) < 4.78 is 5.52. The molecule has 1 amide bonds. The second-order valence-electron chi connectivity index (χ2n) is 10.3. The minimum Gasteiger partial charge on any atom is -0.495 e. The van der Waals surface area contributed by atoms with Gasteiger partial charge >= 0.3 is 0 Å². The van der Waals surface area contributed by atoms with E-state index >= 15 is 0 Å². The predicted octanol–water partition coefficient (Wildman–Crippen LogP) is 3.54. The van der Waals surface area contributed by atoms with E-state index in [9.17, 15) is 4.79 Å². The molecule has 1 N–H and O–H groups in total. The Hall–Kier alpha value is -1.75. The summed E-state index contributed by atoms with van der Waals surface area (Å²) in [5, 5.41) is 3.34. The number of nitrogens with zero attached hydrogens (tertiary/aromatic N) is 2. The van der Waals surface area contributed by atoms with Crippen LogP contribution < -0.4 is 15.0 Å². The molecule has 164 valence electrons. The van der Waals surface area contributed by atoms with Gasteiger partial charge in [-0.3, -0.25) is 9.69 Å². The molecule has 1 heterocycles. The van der Waals surface area contributed by atoms with Crippen molar-refractivity contribution in [3.63, 3.8) is 0 Å². The summed E-state index contributed by atoms with van der Waals surface area (Å²) in [5.74, 6) is 3.84. The molecule has 30 heavy (non-hydrogen) atoms. The number of benzene rings is 1. The highest BCUT2D eigenvalue weighted by Gasteiger charge is 2.54. The zero-order valence-corrected chi connectivity index (χ0v) is 18.4. The second-order valence-corrected chi connectivity index (χ2v) is 10.3. The molecule has 5 heteroatoms. The molecule has 0 radical (unpaired) electrons. The lowest BCUT2D eigenvalue weighted by atomic mass is 9.49. The number of nitrogens with one attached hydrogen (secondary N) is 1. The molecule has 5 aliphatic rings. The highest BCUT2D eigenvalue weighted by Crippen LogP contribution is 2.60. The third-order valence-corrected chi connectivity index (χ3v) is 8.25. The molecule has 4 bridgehead atoms. The smallest absolute Gasteiger partial charge is 0.226 e. The molecule has 1 saturated heterocycles. The third-order valence-electron chi connectivity index (χ3n) is 8.25. The largest absolute Gasteiger partial charge is 0.495 e. The number of anilines is 1. The molecule has 1 aromatic carbocycles. The van der Waals surface area contributed by atoms with Crippen molar-refractivity contribution in [3.8, 4) is 5.75 Å². The zero-order chi connectivity index (χ0) is 20.6. The van der Waals surface area contributed by atoms with Crippen LogP contribution in [0.2, 0.25) is 0 Å². The van der Waals surface area contributed by atoms with Gasteiger partial charge in [0.05, 0.1) is 12.8 Å². The van der Waals surface area contributed by atoms with Crippen LogP contribution in [0.15, 0.2) is 24.3 Å². The molecular formula is C25H37N3O2. The molecule has 4 saturated carbocycles. The number of ether oxygens (including phenoxy) is 1. The SMILES string of the molecule is COc1ccccc1N1CCN(CCCNC(=O)C23CC4CC(CC(C4)C2)C3)CC1. The predicted molar refractivity (Wildman–Crippen MR) is 120 cm³/mol. The Morgan fingerprint density at radius 1 is 1.03 bits per heavy atom. The molecule has 0 aromatic heterocycles. The lowest BCUT2D eigenvalue weighted by molar-refractivity contribution is -0.146. The summed E-state index contributed by atoms with van der Waals surface area (Å²) in [7, 11) is 1.74. The van der Waals surface area contributed by atoms with Gasteiger partial charge in [-0.25, -0.2) is 0 Å². The van der Waals surface area contributed by atoms with Gasteiger partial charge in [0.25, 0.3) is 0 Å². The van der Waals surface area contributed by atoms with Crippen molar-refractivity contribution < 1.29 is 9.53 Å². The molecule has 6 rings (SSSR count). The number of hydrogen-bond acceptors (Lipinski definition) is 4. The maximum atomic E-state index is 13.1. The van der Waals surface area contributed by atoms with Crippen molar-refractivity contribution in [1.29, 1.82) is 0 Å². The molecule has 1 aliphatic heterocycles. The fourth-order valence-corrected chi connectivity index (χ4v) is 7.18. The Labute approximate surface area is 181 Å². The quantitative estimate of drug-likeness (QED) is 0.697. The van der Waals surface area contributed by atoms with Crippen LogP contribution in [0, 0.1) is 23.2 Å². The Kier molecular flexibility index (Phi) is 5.65. The van der Waals surface area contributed by atoms with Crippen molar-refractivity contribution >= 4 is 11.6 Å². The van der Waals surface area contributed by atoms with Crippen molar-refractivity contribution in [2.24, 2.45) is 23.2 Å². The maximum Gasteiger partial charge on any atom is 0.226 e. The Bertz CT molecular complexity index is 721. The average Bonchev–Trinajstić information content (AvgIpc) is 2.76. The number of rotatable bonds is 7. The normalized spacial score (nSPS) is 33.0. The molecule has 0 spiro atoms. The Morgan fingerprint density at radius 2 is 1.67 bits per heavy atom. The molecule has 1 aromatic rings. The van der Waals surface area contributed by atoms with Crippen LogP contribution in [0.5, 0.6) is 5.75 Å². The fraction of sp³-hybridized carbons (Fsp3) is 0.720. The summed E-state index contributed by atoms with van der Waals surface area (Å²) in [4.78, 5) is 18.0. The fourth-order valence-electron chi connectivity index (χ4n) is 7.18. The number of amides is 1. The van der Waals surface area contributed by atoms with Gasteiger partial charge in [-0.1, -0.05) is 12.1 Å². The average molecular weight is 412 g/mol. The van der Waals surface area contributed by atoms with E-state index in [4.69, 9.17) is 4.74 Å². The van der Waals surface area contributed by atoms with Crippen LogP contribution >= 0.6 is 0 Å². The van der Waals surface area contributed by atoms with Crippen LogP contribution in [0.3, 0.4) is 0 Å². The first kappa shape index (κ1) is 20.2. The summed E-state index contributed by atoms with van der Waals surface area (Å²) in [6.45, 7) is 6.09. The van der Waals surface area contributed by atoms with Crippen LogP contribution in [-0.2, 0) is 4.79 Å². The van der Waals surface area contributed by atoms with E-state index < -0.39 is 0 Å². The van der Waals surface area contributed by atoms with Gasteiger partial charge in [0, 0.05) is 38.1 Å². The molecule has 0 atom stereocenters. The summed E-state index contributed by atoms with van der Waals surface area (Å²) in [6, 6.07) is 8.29. The van der Waals surface area contributed by atoms with Crippen LogP contribution in [-0.4, -0.2) is 57.2 Å². The number of piperazine rings is 1. The lowest BCUT2D eigenvalue weighted by Crippen LogP contribution is -2.53. The van der Waals surface area contributed by atoms with Gasteiger partial charge in [-0.05, 0) is 81.4 Å². The molecular weight excluding hydrogens is 374 g/mol. The van der Waals surface area contributed by atoms with E-state index in [1.165, 1.54) is 24.9 Å². The van der Waals surface area contributed by atoms with E-state index in [-0.39, 0.29) is 5.41 Å². The highest BCUT2D eigenvalue weighted by atomic mass is 16.5. The Balaban J connectivity index is 1.04. The van der Waals surface area contributed by atoms with E-state index in [0.717, 1.165) is 88.5 Å². The first-order valence-corrected chi connectivity index (χ1v) is 12.0. The minimum atomic E-state index is -0.00485. The highest BCUT2D eigenvalue weighted by molar-refractivity contribution is 5.83. The standard InChI is InChI=1S/C25H37N3O2/c1-30-23-6-3-2-5-22(23)28-11-9-27(10-12-28)8-4-7-26-24(29)25-16-19-13-20(17-25)15-21(14-19)18-25/h2-3,5-6,19-21H,4,7-18H2,1H3,(H,26,29). The van der Waals surface area contributed by atoms with Crippen LogP contribution in [0.4, 0.5) is 5.69 Å². The van der Waals surface area contributed by atoms with E-state index in [1.54, 1.807) is 7.11 Å². The van der Waals surface area contributed by atoms with Crippen molar-refractivity contribution in [3.05, 3.63) is 24.3 Å². The zero-order valence-electron chi connectivity index (χ0n) is 18.4. The van der Waals surface area contributed by atoms with Crippen molar-refractivity contribution in [2.45, 2.75) is 44.9 Å². The van der Waals surface area contributed by atoms with E-state index in [2.05, 4.69) is 27.2 Å². The summed E-state index contributed by atoms with van der Waals surface area (Å²) in [5.41, 5.74) is 1.19. The number of para-hydroxylation sites is 2. The number of carbonyl (C=O) groups is 1. The first-order chi connectivity index (χ1) is 14.6. The minimum absolute atomic E-state index is 0.00485. The summed E-state index contributed by atoms with van der Waals surface area (Å²) >= 11 is 0. The molecule has 0 unspecified atom stereocenters. The first-order valence-electron chi connectivity index (χ1n) is 12.0. The van der Waals surface area contributed by atoms with Gasteiger partial charge < -0.3 is 15.0 Å². The van der Waals surface area contributed by atoms with Crippen molar-refractivity contribution in [1.82, 2.24) is 10.2 Å². The van der Waals surface area contributed by atoms with Gasteiger partial charge in [-0.15, -0.1) is 0 Å². The molecule has 4 aliphatic carbocycles.